The van der Waals surface area contributed by atoms with Crippen molar-refractivity contribution in [2.24, 2.45) is 13.0 Å². The van der Waals surface area contributed by atoms with E-state index in [1.165, 1.54) is 11.1 Å². The Morgan fingerprint density at radius 1 is 1.56 bits per heavy atom. The molecule has 1 aliphatic rings. The van der Waals surface area contributed by atoms with Gasteiger partial charge >= 0.3 is 0 Å². The normalized spacial score (nSPS) is 17.4. The molecule has 1 fully saturated rings. The summed E-state index contributed by atoms with van der Waals surface area (Å²) in [6.45, 7) is 0.500. The molecule has 1 aromatic heterocycles. The molecule has 16 heavy (non-hydrogen) atoms. The number of sulfonamides is 1. The highest BCUT2D eigenvalue weighted by Crippen LogP contribution is 2.26. The zero-order chi connectivity index (χ0) is 11.8. The summed E-state index contributed by atoms with van der Waals surface area (Å²) in [6.07, 6.45) is 3.41. The van der Waals surface area contributed by atoms with E-state index < -0.39 is 10.0 Å². The van der Waals surface area contributed by atoms with Crippen LogP contribution < -0.4 is 4.72 Å². The number of aromatic nitrogens is 3. The van der Waals surface area contributed by atoms with Crippen LogP contribution in [0.3, 0.4) is 0 Å². The summed E-state index contributed by atoms with van der Waals surface area (Å²) in [5.74, 6) is 0.481. The summed E-state index contributed by atoms with van der Waals surface area (Å²) >= 11 is 3.08. The average Bonchev–Trinajstić information content (AvgIpc) is 2.43. The fraction of sp³-hybridized carbons (Fsp3) is 0.750. The van der Waals surface area contributed by atoms with Crippen LogP contribution in [0.5, 0.6) is 0 Å². The number of hydrogen-bond acceptors (Lipinski definition) is 4. The van der Waals surface area contributed by atoms with Crippen molar-refractivity contribution < 1.29 is 8.42 Å². The maximum Gasteiger partial charge on any atom is 0.260 e. The Morgan fingerprint density at radius 3 is 2.69 bits per heavy atom. The van der Waals surface area contributed by atoms with Crippen LogP contribution in [0.25, 0.3) is 0 Å². The summed E-state index contributed by atoms with van der Waals surface area (Å²) in [7, 11) is -1.96. The van der Waals surface area contributed by atoms with Crippen LogP contribution in [0.15, 0.2) is 9.63 Å². The predicted octanol–water partition coefficient (Wildman–Crippen LogP) is 0.656. The van der Waals surface area contributed by atoms with Crippen LogP contribution >= 0.6 is 15.9 Å². The van der Waals surface area contributed by atoms with Gasteiger partial charge in [0.25, 0.3) is 10.0 Å². The van der Waals surface area contributed by atoms with Crippen LogP contribution in [0, 0.1) is 5.92 Å². The van der Waals surface area contributed by atoms with Gasteiger partial charge in [-0.1, -0.05) is 11.6 Å². The van der Waals surface area contributed by atoms with Crippen LogP contribution in [0.4, 0.5) is 0 Å². The summed E-state index contributed by atoms with van der Waals surface area (Å²) in [5, 5.41) is 7.37. The van der Waals surface area contributed by atoms with Crippen molar-refractivity contribution in [3.05, 3.63) is 4.60 Å². The van der Waals surface area contributed by atoms with Crippen molar-refractivity contribution in [1.82, 2.24) is 19.7 Å². The molecule has 0 aromatic carbocycles. The average molecular weight is 309 g/mol. The van der Waals surface area contributed by atoms with Gasteiger partial charge in [0.05, 0.1) is 0 Å². The molecular formula is C8H13BrN4O2S. The minimum absolute atomic E-state index is 0.0758. The molecule has 0 saturated heterocycles. The molecule has 1 N–H and O–H groups in total. The minimum Gasteiger partial charge on any atom is -0.235 e. The molecule has 1 saturated carbocycles. The van der Waals surface area contributed by atoms with Gasteiger partial charge in [-0.3, -0.25) is 0 Å². The smallest absolute Gasteiger partial charge is 0.235 e. The first kappa shape index (κ1) is 12.0. The molecule has 1 aliphatic carbocycles. The van der Waals surface area contributed by atoms with Crippen molar-refractivity contribution >= 4 is 26.0 Å². The third-order valence-electron chi connectivity index (χ3n) is 2.78. The fourth-order valence-electron chi connectivity index (χ4n) is 1.60. The molecule has 0 radical (unpaired) electrons. The number of aryl methyl sites for hydroxylation is 1. The van der Waals surface area contributed by atoms with E-state index in [1.807, 2.05) is 0 Å². The lowest BCUT2D eigenvalue weighted by atomic mass is 9.86. The van der Waals surface area contributed by atoms with Gasteiger partial charge in [-0.2, -0.15) is 0 Å². The van der Waals surface area contributed by atoms with Gasteiger partial charge in [0, 0.05) is 13.6 Å². The molecular weight excluding hydrogens is 296 g/mol. The highest BCUT2D eigenvalue weighted by molar-refractivity contribution is 9.10. The number of halogens is 1. The maximum absolute atomic E-state index is 11.9. The number of nitrogens with one attached hydrogen (secondary N) is 1. The monoisotopic (exact) mass is 308 g/mol. The summed E-state index contributed by atoms with van der Waals surface area (Å²) in [6, 6.07) is 0. The quantitative estimate of drug-likeness (QED) is 0.886. The lowest BCUT2D eigenvalue weighted by Gasteiger charge is -2.25. The van der Waals surface area contributed by atoms with Crippen molar-refractivity contribution in [2.75, 3.05) is 6.54 Å². The maximum atomic E-state index is 11.9. The van der Waals surface area contributed by atoms with Gasteiger partial charge in [0.15, 0.2) is 4.60 Å². The molecule has 0 amide bonds. The molecule has 0 bridgehead atoms. The Kier molecular flexibility index (Phi) is 3.32. The van der Waals surface area contributed by atoms with E-state index in [0.29, 0.717) is 12.5 Å². The van der Waals surface area contributed by atoms with E-state index in [9.17, 15) is 8.42 Å². The Labute approximate surface area is 103 Å². The van der Waals surface area contributed by atoms with E-state index in [2.05, 4.69) is 31.0 Å². The Morgan fingerprint density at radius 2 is 2.25 bits per heavy atom. The van der Waals surface area contributed by atoms with Gasteiger partial charge in [-0.25, -0.2) is 17.8 Å². The van der Waals surface area contributed by atoms with Crippen molar-refractivity contribution in [3.63, 3.8) is 0 Å². The van der Waals surface area contributed by atoms with Crippen molar-refractivity contribution in [2.45, 2.75) is 24.3 Å². The molecule has 2 rings (SSSR count). The van der Waals surface area contributed by atoms with Crippen LogP contribution in [-0.4, -0.2) is 30.0 Å². The van der Waals surface area contributed by atoms with E-state index in [0.717, 1.165) is 12.8 Å². The van der Waals surface area contributed by atoms with Crippen molar-refractivity contribution in [1.29, 1.82) is 0 Å². The van der Waals surface area contributed by atoms with Gasteiger partial charge in [-0.05, 0) is 34.7 Å². The summed E-state index contributed by atoms with van der Waals surface area (Å²) in [5.41, 5.74) is 0. The first-order chi connectivity index (χ1) is 7.50. The zero-order valence-electron chi connectivity index (χ0n) is 8.85. The van der Waals surface area contributed by atoms with Gasteiger partial charge in [0.2, 0.25) is 5.03 Å². The zero-order valence-corrected chi connectivity index (χ0v) is 11.3. The summed E-state index contributed by atoms with van der Waals surface area (Å²) in [4.78, 5) is 0. The van der Waals surface area contributed by atoms with E-state index in [1.54, 1.807) is 7.05 Å². The van der Waals surface area contributed by atoms with Crippen LogP contribution in [-0.2, 0) is 17.1 Å². The number of rotatable bonds is 4. The number of nitrogens with zero attached hydrogens (tertiary/aromatic N) is 3. The minimum atomic E-state index is -3.51. The topological polar surface area (TPSA) is 76.9 Å². The van der Waals surface area contributed by atoms with E-state index in [4.69, 9.17) is 0 Å². The summed E-state index contributed by atoms with van der Waals surface area (Å²) < 4.78 is 28.0. The first-order valence-electron chi connectivity index (χ1n) is 5.05. The molecule has 1 heterocycles. The molecule has 90 valence electrons. The molecule has 0 atom stereocenters. The molecule has 0 aliphatic heterocycles. The van der Waals surface area contributed by atoms with E-state index >= 15 is 0 Å². The van der Waals surface area contributed by atoms with Crippen LogP contribution in [0.1, 0.15) is 19.3 Å². The first-order valence-corrected chi connectivity index (χ1v) is 7.33. The fourth-order valence-corrected chi connectivity index (χ4v) is 3.81. The third-order valence-corrected chi connectivity index (χ3v) is 5.09. The number of hydrogen-bond donors (Lipinski definition) is 1. The SMILES string of the molecule is Cn1nnc(Br)c1S(=O)(=O)NCC1CCC1. The Hall–Kier alpha value is -0.470. The molecule has 0 unspecified atom stereocenters. The second-order valence-electron chi connectivity index (χ2n) is 3.96. The highest BCUT2D eigenvalue weighted by atomic mass is 79.9. The Balaban J connectivity index is 2.12. The van der Waals surface area contributed by atoms with Gasteiger partial charge in [-0.15, -0.1) is 5.10 Å². The predicted molar refractivity (Wildman–Crippen MR) is 61.2 cm³/mol. The van der Waals surface area contributed by atoms with Gasteiger partial charge in [0.1, 0.15) is 0 Å². The Bertz CT molecular complexity index is 461. The lowest BCUT2D eigenvalue weighted by Crippen LogP contribution is -2.33. The van der Waals surface area contributed by atoms with Gasteiger partial charge < -0.3 is 0 Å². The second-order valence-corrected chi connectivity index (χ2v) is 6.39. The highest BCUT2D eigenvalue weighted by Gasteiger charge is 2.26. The standard InChI is InChI=1S/C8H13BrN4O2S/c1-13-8(7(9)11-12-13)16(14,15)10-5-6-3-2-4-6/h6,10H,2-5H2,1H3. The second kappa shape index (κ2) is 4.42. The third kappa shape index (κ3) is 2.28. The molecule has 8 heteroatoms. The molecule has 6 nitrogen and oxygen atoms in total. The van der Waals surface area contributed by atoms with Crippen LogP contribution in [0.2, 0.25) is 0 Å². The molecule has 0 spiro atoms. The lowest BCUT2D eigenvalue weighted by molar-refractivity contribution is 0.316. The molecule has 1 aromatic rings. The van der Waals surface area contributed by atoms with E-state index in [-0.39, 0.29) is 9.63 Å². The van der Waals surface area contributed by atoms with Crippen molar-refractivity contribution in [3.8, 4) is 0 Å². The largest absolute Gasteiger partial charge is 0.260 e.